The maximum Gasteiger partial charge on any atom is 0.143 e. The Balaban J connectivity index is 1.14. The summed E-state index contributed by atoms with van der Waals surface area (Å²) in [4.78, 5) is 2.74. The van der Waals surface area contributed by atoms with E-state index in [2.05, 4.69) is 219 Å². The smallest absolute Gasteiger partial charge is 0.143 e. The van der Waals surface area contributed by atoms with Crippen LogP contribution in [-0.4, -0.2) is 92.4 Å². The normalized spacial score (nSPS) is 14.3. The van der Waals surface area contributed by atoms with E-state index in [0.29, 0.717) is 0 Å². The van der Waals surface area contributed by atoms with E-state index >= 15 is 0 Å². The van der Waals surface area contributed by atoms with Gasteiger partial charge in [0.1, 0.15) is 120 Å². The van der Waals surface area contributed by atoms with Crippen LogP contribution < -0.4 is 48.6 Å². The molecule has 1 aliphatic rings. The first kappa shape index (κ1) is 42.5. The molecule has 1 aliphatic carbocycles. The average Bonchev–Trinajstić information content (AvgIpc) is 4.09. The van der Waals surface area contributed by atoms with Crippen LogP contribution in [0.25, 0.3) is 93.6 Å². The molecule has 0 spiro atoms. The Kier molecular flexibility index (Phi) is 9.75. The van der Waals surface area contributed by atoms with Gasteiger partial charge >= 0.3 is 0 Å². The van der Waals surface area contributed by atoms with Crippen LogP contribution in [-0.2, 0) is 0 Å². The fourth-order valence-corrected chi connectivity index (χ4v) is 12.4. The molecule has 0 N–H and O–H groups in total. The van der Waals surface area contributed by atoms with Crippen LogP contribution in [0, 0.1) is 0 Å². The number of benzene rings is 8. The average molecular weight is 862 g/mol. The summed E-state index contributed by atoms with van der Waals surface area (Å²) in [6.45, 7) is 0. The molecule has 0 saturated heterocycles. The van der Waals surface area contributed by atoms with E-state index in [-0.39, 0.29) is 6.04 Å². The lowest BCUT2D eigenvalue weighted by Gasteiger charge is -2.42. The summed E-state index contributed by atoms with van der Waals surface area (Å²) >= 11 is 0. The highest BCUT2D eigenvalue weighted by molar-refractivity contribution is 6.66. The molecule has 12 rings (SSSR count). The SMILES string of the molecule is BC1=C(B)C(N(c2c(B)c(B)c(-c3cccc4c3oc3ccccc34)c(B)c2B)c2c(B)c(B)c(-c3cccc4oc5ccccc5c34)c(B)c2B)C(B)=C1c1cccc2oc3ccccc3c12. The van der Waals surface area contributed by atoms with Crippen molar-refractivity contribution in [1.82, 2.24) is 0 Å². The second-order valence-electron chi connectivity index (χ2n) is 19.4. The third-order valence-electron chi connectivity index (χ3n) is 16.1. The van der Waals surface area contributed by atoms with Crippen LogP contribution in [0.2, 0.25) is 0 Å². The van der Waals surface area contributed by atoms with Gasteiger partial charge in [0.2, 0.25) is 0 Å². The largest absolute Gasteiger partial charge is 0.456 e. The number of furan rings is 3. The quantitative estimate of drug-likeness (QED) is 0.179. The van der Waals surface area contributed by atoms with Gasteiger partial charge in [-0.2, -0.15) is 0 Å². The standard InChI is InChI=1S/C53H44B11NO3/c54-39-36(26-14-8-20-32-34(26)24-11-2-5-18-30(24)66-32)40(55)47(62)51(46(39)61)65(50-44(59)37(41(56)45(50)60)27-15-9-21-33-35(27)25-12-3-6-19-31(25)67-33)52-48(63)42(57)38(43(58)49(52)64)28-16-7-13-23-22-10-1-4-17-29(22)68-53(23)28/h1-21,50H,54-64H2. The van der Waals surface area contributed by atoms with Crippen LogP contribution in [0.5, 0.6) is 0 Å². The number of hydrogen-bond acceptors (Lipinski definition) is 4. The van der Waals surface area contributed by atoms with Crippen molar-refractivity contribution in [2.24, 2.45) is 0 Å². The van der Waals surface area contributed by atoms with Crippen LogP contribution in [0.15, 0.2) is 157 Å². The fourth-order valence-electron chi connectivity index (χ4n) is 12.4. The number of nitrogens with zero attached hydrogens (tertiary/aromatic N) is 1. The number of fused-ring (bicyclic) bond motifs is 9. The first-order valence-electron chi connectivity index (χ1n) is 24.0. The van der Waals surface area contributed by atoms with Crippen molar-refractivity contribution >= 4 is 213 Å². The first-order chi connectivity index (χ1) is 32.9. The minimum Gasteiger partial charge on any atom is -0.456 e. The molecule has 0 amide bonds. The molecule has 15 heteroatoms. The van der Waals surface area contributed by atoms with Gasteiger partial charge in [0.05, 0.1) is 6.04 Å². The summed E-state index contributed by atoms with van der Waals surface area (Å²) < 4.78 is 19.7. The van der Waals surface area contributed by atoms with E-state index in [1.165, 1.54) is 110 Å². The molecule has 4 nitrogen and oxygen atoms in total. The molecule has 3 aromatic heterocycles. The van der Waals surface area contributed by atoms with Crippen LogP contribution in [0.1, 0.15) is 5.56 Å². The van der Waals surface area contributed by atoms with Crippen molar-refractivity contribution < 1.29 is 13.3 Å². The minimum atomic E-state index is -0.0671. The maximum atomic E-state index is 6.72. The number of rotatable bonds is 6. The molecule has 0 fully saturated rings. The Hall–Kier alpha value is -6.85. The predicted molar refractivity (Wildman–Crippen MR) is 323 cm³/mol. The highest BCUT2D eigenvalue weighted by Gasteiger charge is 2.37. The summed E-state index contributed by atoms with van der Waals surface area (Å²) in [7, 11) is 25.7. The first-order valence-corrected chi connectivity index (χ1v) is 24.0. The predicted octanol–water partition coefficient (Wildman–Crippen LogP) is -2.17. The Bertz CT molecular complexity index is 4030. The molecule has 0 bridgehead atoms. The van der Waals surface area contributed by atoms with Crippen LogP contribution >= 0.6 is 0 Å². The molecule has 8 aromatic carbocycles. The molecular weight excluding hydrogens is 818 g/mol. The summed E-state index contributed by atoms with van der Waals surface area (Å²) in [6, 6.07) is 44.9. The second-order valence-corrected chi connectivity index (χ2v) is 19.4. The van der Waals surface area contributed by atoms with Crippen LogP contribution in [0.4, 0.5) is 11.4 Å². The highest BCUT2D eigenvalue weighted by atomic mass is 16.3. The van der Waals surface area contributed by atoms with Gasteiger partial charge in [-0.25, -0.2) is 0 Å². The molecule has 0 saturated carbocycles. The van der Waals surface area contributed by atoms with Crippen molar-refractivity contribution in [2.75, 3.05) is 4.90 Å². The minimum absolute atomic E-state index is 0.0671. The van der Waals surface area contributed by atoms with Gasteiger partial charge in [-0.1, -0.05) is 157 Å². The van der Waals surface area contributed by atoms with E-state index in [0.717, 1.165) is 60.6 Å². The highest BCUT2D eigenvalue weighted by Crippen LogP contribution is 2.45. The van der Waals surface area contributed by atoms with Gasteiger partial charge in [-0.15, -0.1) is 0 Å². The lowest BCUT2D eigenvalue weighted by Crippen LogP contribution is -2.54. The zero-order valence-corrected chi connectivity index (χ0v) is 40.9. The van der Waals surface area contributed by atoms with Crippen LogP contribution in [0.3, 0.4) is 0 Å². The summed E-state index contributed by atoms with van der Waals surface area (Å²) in [5, 5.41) is 6.91. The molecule has 0 aliphatic heterocycles. The lowest BCUT2D eigenvalue weighted by atomic mass is 9.62. The summed E-state index contributed by atoms with van der Waals surface area (Å²) in [5.74, 6) is 0. The van der Waals surface area contributed by atoms with Gasteiger partial charge in [-0.05, 0) is 58.2 Å². The van der Waals surface area contributed by atoms with Gasteiger partial charge < -0.3 is 18.2 Å². The molecule has 1 unspecified atom stereocenters. The number of hydrogen-bond donors (Lipinski definition) is 0. The monoisotopic (exact) mass is 863 g/mol. The molecular formula is C53H44B11NO3. The number of anilines is 2. The molecule has 3 heterocycles. The molecule has 0 radical (unpaired) electrons. The Labute approximate surface area is 406 Å². The van der Waals surface area contributed by atoms with Crippen molar-refractivity contribution in [2.45, 2.75) is 6.04 Å². The molecule has 312 valence electrons. The summed E-state index contributed by atoms with van der Waals surface area (Å²) in [5.41, 5.74) is 29.5. The maximum absolute atomic E-state index is 6.72. The van der Waals surface area contributed by atoms with E-state index in [9.17, 15) is 0 Å². The van der Waals surface area contributed by atoms with Gasteiger partial charge in [-0.3, -0.25) is 0 Å². The van der Waals surface area contributed by atoms with E-state index in [1.807, 2.05) is 0 Å². The third-order valence-corrected chi connectivity index (χ3v) is 16.1. The fraction of sp³-hybridized carbons (Fsp3) is 0.0189. The van der Waals surface area contributed by atoms with Crippen molar-refractivity contribution in [1.29, 1.82) is 0 Å². The van der Waals surface area contributed by atoms with Crippen molar-refractivity contribution in [3.05, 3.63) is 149 Å². The van der Waals surface area contributed by atoms with Gasteiger partial charge in [0.25, 0.3) is 0 Å². The van der Waals surface area contributed by atoms with E-state index in [4.69, 9.17) is 13.3 Å². The Morgan fingerprint density at radius 2 is 0.735 bits per heavy atom. The third kappa shape index (κ3) is 5.90. The second kappa shape index (κ2) is 15.6. The summed E-state index contributed by atoms with van der Waals surface area (Å²) in [6.07, 6.45) is 0. The number of para-hydroxylation sites is 4. The lowest BCUT2D eigenvalue weighted by molar-refractivity contribution is 0.668. The zero-order chi connectivity index (χ0) is 47.0. The van der Waals surface area contributed by atoms with Gasteiger partial charge in [0, 0.05) is 49.3 Å². The van der Waals surface area contributed by atoms with Gasteiger partial charge in [0.15, 0.2) is 0 Å². The topological polar surface area (TPSA) is 42.7 Å². The molecule has 11 aromatic rings. The Morgan fingerprint density at radius 3 is 1.28 bits per heavy atom. The molecule has 68 heavy (non-hydrogen) atoms. The Morgan fingerprint density at radius 1 is 0.338 bits per heavy atom. The zero-order valence-electron chi connectivity index (χ0n) is 40.9. The molecule has 1 atom stereocenters. The number of allylic oxidation sites excluding steroid dienone is 2. The van der Waals surface area contributed by atoms with Crippen molar-refractivity contribution in [3.63, 3.8) is 0 Å². The van der Waals surface area contributed by atoms with E-state index in [1.54, 1.807) is 0 Å². The van der Waals surface area contributed by atoms with Crippen molar-refractivity contribution in [3.8, 4) is 22.3 Å². The van der Waals surface area contributed by atoms with E-state index < -0.39 is 0 Å².